The zero-order valence-corrected chi connectivity index (χ0v) is 29.2. The van der Waals surface area contributed by atoms with E-state index < -0.39 is 0 Å². The maximum Gasteiger partial charge on any atom is 0.305 e. The molecule has 2 fully saturated rings. The molecule has 0 aromatic heterocycles. The Hall–Kier alpha value is -4.30. The van der Waals surface area contributed by atoms with Crippen LogP contribution in [0.3, 0.4) is 0 Å². The van der Waals surface area contributed by atoms with Crippen molar-refractivity contribution in [3.63, 3.8) is 0 Å². The Bertz CT molecular complexity index is 1710. The molecule has 7 nitrogen and oxygen atoms in total. The number of oxime groups is 1. The zero-order valence-electron chi connectivity index (χ0n) is 29.2. The topological polar surface area (TPSA) is 75.6 Å². The number of hydrogen-bond acceptors (Lipinski definition) is 7. The van der Waals surface area contributed by atoms with Crippen LogP contribution in [0, 0.1) is 11.8 Å². The molecular weight excluding hydrogens is 626 g/mol. The number of carbonyl (C=O) groups is 1. The van der Waals surface area contributed by atoms with Crippen LogP contribution < -0.4 is 0 Å². The lowest BCUT2D eigenvalue weighted by atomic mass is 9.82. The molecule has 4 aromatic rings. The number of ether oxygens (including phenoxy) is 4. The Labute approximate surface area is 296 Å². The predicted molar refractivity (Wildman–Crippen MR) is 198 cm³/mol. The maximum atomic E-state index is 11.7. The summed E-state index contributed by atoms with van der Waals surface area (Å²) >= 11 is 0. The summed E-state index contributed by atoms with van der Waals surface area (Å²) in [5, 5.41) is 7.03. The third kappa shape index (κ3) is 9.08. The maximum absolute atomic E-state index is 11.7. The number of benzene rings is 4. The number of esters is 1. The number of nitrogens with zero attached hydrogens (tertiary/aromatic N) is 1. The number of unbranched alkanes of at least 4 members (excludes halogenated alkanes) is 1. The summed E-state index contributed by atoms with van der Waals surface area (Å²) in [6.07, 6.45) is 10.3. The fraction of sp³-hybridized carbons (Fsp3) is 0.395. The summed E-state index contributed by atoms with van der Waals surface area (Å²) in [7, 11) is 3.05. The molecule has 0 spiro atoms. The lowest BCUT2D eigenvalue weighted by Crippen LogP contribution is -2.36. The summed E-state index contributed by atoms with van der Waals surface area (Å²) in [5.74, 6) is -0.242. The van der Waals surface area contributed by atoms with E-state index in [1.54, 1.807) is 7.11 Å². The molecule has 0 N–H and O–H groups in total. The SMILES string of the molecule is CON=C(c1cccc2ccccc12)[C@@H]1[C@@H](C/C=C\CCCC(=O)OC)[C@@H](OCc2ccc(-c3ccccc3)cc2)C[C@H]1OC1CCCCO1. The van der Waals surface area contributed by atoms with E-state index in [0.29, 0.717) is 26.1 Å². The highest BCUT2D eigenvalue weighted by Crippen LogP contribution is 2.43. The van der Waals surface area contributed by atoms with Crippen LogP contribution in [0.4, 0.5) is 0 Å². The Balaban J connectivity index is 1.30. The molecule has 0 bridgehead atoms. The summed E-state index contributed by atoms with van der Waals surface area (Å²) < 4.78 is 24.7. The van der Waals surface area contributed by atoms with Gasteiger partial charge in [0.05, 0.1) is 31.6 Å². The first-order valence-corrected chi connectivity index (χ1v) is 18.0. The Morgan fingerprint density at radius 3 is 2.42 bits per heavy atom. The van der Waals surface area contributed by atoms with Crippen molar-refractivity contribution in [2.75, 3.05) is 20.8 Å². The summed E-state index contributed by atoms with van der Waals surface area (Å²) in [5.41, 5.74) is 5.41. The summed E-state index contributed by atoms with van der Waals surface area (Å²) in [6.45, 7) is 1.20. The van der Waals surface area contributed by atoms with E-state index in [0.717, 1.165) is 66.1 Å². The second-order valence-corrected chi connectivity index (χ2v) is 13.2. The predicted octanol–water partition coefficient (Wildman–Crippen LogP) is 9.28. The number of methoxy groups -OCH3 is 1. The smallest absolute Gasteiger partial charge is 0.305 e. The van der Waals surface area contributed by atoms with Crippen LogP contribution in [-0.4, -0.2) is 51.0 Å². The van der Waals surface area contributed by atoms with Gasteiger partial charge in [0.25, 0.3) is 0 Å². The van der Waals surface area contributed by atoms with Crippen LogP contribution >= 0.6 is 0 Å². The quantitative estimate of drug-likeness (QED) is 0.0411. The molecule has 1 saturated carbocycles. The van der Waals surface area contributed by atoms with Gasteiger partial charge in [0, 0.05) is 30.9 Å². The highest BCUT2D eigenvalue weighted by Gasteiger charge is 2.48. The first kappa shape index (κ1) is 35.5. The lowest BCUT2D eigenvalue weighted by Gasteiger charge is -2.31. The Morgan fingerprint density at radius 1 is 0.860 bits per heavy atom. The fourth-order valence-electron chi connectivity index (χ4n) is 7.38. The van der Waals surface area contributed by atoms with Crippen LogP contribution in [0.1, 0.15) is 62.5 Å². The third-order valence-corrected chi connectivity index (χ3v) is 9.92. The molecule has 262 valence electrons. The molecule has 7 heteroatoms. The van der Waals surface area contributed by atoms with Gasteiger partial charge in [-0.25, -0.2) is 0 Å². The highest BCUT2D eigenvalue weighted by atomic mass is 16.7. The second kappa shape index (κ2) is 18.1. The van der Waals surface area contributed by atoms with Gasteiger partial charge in [-0.15, -0.1) is 0 Å². The molecule has 4 aromatic carbocycles. The van der Waals surface area contributed by atoms with E-state index in [9.17, 15) is 4.79 Å². The van der Waals surface area contributed by atoms with Crippen LogP contribution in [0.2, 0.25) is 0 Å². The van der Waals surface area contributed by atoms with E-state index >= 15 is 0 Å². The number of rotatable bonds is 15. The normalized spacial score (nSPS) is 22.6. The lowest BCUT2D eigenvalue weighted by molar-refractivity contribution is -0.192. The minimum Gasteiger partial charge on any atom is -0.469 e. The number of fused-ring (bicyclic) bond motifs is 1. The molecule has 0 radical (unpaired) electrons. The monoisotopic (exact) mass is 675 g/mol. The molecule has 5 atom stereocenters. The first-order chi connectivity index (χ1) is 24.6. The molecule has 1 heterocycles. The molecule has 0 amide bonds. The van der Waals surface area contributed by atoms with Crippen molar-refractivity contribution < 1.29 is 28.6 Å². The van der Waals surface area contributed by atoms with Crippen molar-refractivity contribution in [2.24, 2.45) is 17.0 Å². The minimum atomic E-state index is -0.258. The van der Waals surface area contributed by atoms with Gasteiger partial charge >= 0.3 is 5.97 Å². The van der Waals surface area contributed by atoms with Crippen molar-refractivity contribution in [3.8, 4) is 11.1 Å². The first-order valence-electron chi connectivity index (χ1n) is 18.0. The largest absolute Gasteiger partial charge is 0.469 e. The van der Waals surface area contributed by atoms with Crippen molar-refractivity contribution in [1.82, 2.24) is 0 Å². The fourth-order valence-corrected chi connectivity index (χ4v) is 7.38. The highest BCUT2D eigenvalue weighted by molar-refractivity contribution is 6.12. The molecule has 2 aliphatic rings. The van der Waals surface area contributed by atoms with E-state index in [-0.39, 0.29) is 36.3 Å². The van der Waals surface area contributed by atoms with Gasteiger partial charge in [0.15, 0.2) is 6.29 Å². The van der Waals surface area contributed by atoms with Gasteiger partial charge in [-0.05, 0) is 71.9 Å². The molecule has 1 saturated heterocycles. The van der Waals surface area contributed by atoms with Crippen LogP contribution in [-0.2, 0) is 35.2 Å². The number of carbonyl (C=O) groups excluding carboxylic acids is 1. The number of allylic oxidation sites excluding steroid dienone is 2. The van der Waals surface area contributed by atoms with Gasteiger partial charge < -0.3 is 23.8 Å². The molecular formula is C43H49NO6. The van der Waals surface area contributed by atoms with Gasteiger partial charge in [-0.3, -0.25) is 4.79 Å². The van der Waals surface area contributed by atoms with Crippen molar-refractivity contribution in [3.05, 3.63) is 120 Å². The van der Waals surface area contributed by atoms with Gasteiger partial charge in [-0.2, -0.15) is 0 Å². The minimum absolute atomic E-state index is 0.0527. The van der Waals surface area contributed by atoms with Crippen molar-refractivity contribution in [1.29, 1.82) is 0 Å². The van der Waals surface area contributed by atoms with Gasteiger partial charge in [0.1, 0.15) is 7.11 Å². The van der Waals surface area contributed by atoms with Crippen molar-refractivity contribution >= 4 is 22.5 Å². The number of hydrogen-bond donors (Lipinski definition) is 0. The van der Waals surface area contributed by atoms with Crippen LogP contribution in [0.5, 0.6) is 0 Å². The van der Waals surface area contributed by atoms with Crippen molar-refractivity contribution in [2.45, 2.75) is 76.5 Å². The Kier molecular flexibility index (Phi) is 12.8. The van der Waals surface area contributed by atoms with Crippen LogP contribution in [0.15, 0.2) is 114 Å². The Morgan fingerprint density at radius 2 is 1.64 bits per heavy atom. The zero-order chi connectivity index (χ0) is 34.5. The molecule has 1 unspecified atom stereocenters. The van der Waals surface area contributed by atoms with E-state index in [2.05, 4.69) is 103 Å². The summed E-state index contributed by atoms with van der Waals surface area (Å²) in [4.78, 5) is 17.3. The molecule has 1 aliphatic carbocycles. The third-order valence-electron chi connectivity index (χ3n) is 9.92. The average Bonchev–Trinajstić information content (AvgIpc) is 3.50. The van der Waals surface area contributed by atoms with Gasteiger partial charge in [0.2, 0.25) is 0 Å². The van der Waals surface area contributed by atoms with E-state index in [4.69, 9.17) is 28.9 Å². The average molecular weight is 676 g/mol. The van der Waals surface area contributed by atoms with E-state index in [1.165, 1.54) is 18.2 Å². The standard InChI is InChI=1S/C43H49NO6/c1-46-40(45)22-9-4-3-8-20-37-38(49-30-31-24-26-33(27-25-31)32-15-6-5-7-16-32)29-39(50-41-23-12-13-28-48-41)42(37)43(44-47-2)36-21-14-18-34-17-10-11-19-35(34)36/h3,5-8,10-11,14-19,21,24-27,37-39,41-42H,4,9,12-13,20,22-23,28-30H2,1-2H3/b8-3-,44-43?/t37-,38-,39+,41?,42+/m0/s1. The second-order valence-electron chi connectivity index (χ2n) is 13.2. The van der Waals surface area contributed by atoms with E-state index in [1.807, 2.05) is 6.07 Å². The van der Waals surface area contributed by atoms with Gasteiger partial charge in [-0.1, -0.05) is 114 Å². The molecule has 1 aliphatic heterocycles. The van der Waals surface area contributed by atoms with Crippen LogP contribution in [0.25, 0.3) is 21.9 Å². The summed E-state index contributed by atoms with van der Waals surface area (Å²) in [6, 6.07) is 33.8. The molecule has 6 rings (SSSR count). The molecule has 50 heavy (non-hydrogen) atoms.